The summed E-state index contributed by atoms with van der Waals surface area (Å²) in [6.07, 6.45) is 0. The highest BCUT2D eigenvalue weighted by atomic mass is 32.2. The molecular weight excluding hydrogens is 378 g/mol. The fraction of sp³-hybridized carbons (Fsp3) is 0.250. The Hall–Kier alpha value is -2.38. The molecule has 5 nitrogen and oxygen atoms in total. The zero-order valence-corrected chi connectivity index (χ0v) is 16.8. The van der Waals surface area contributed by atoms with Gasteiger partial charge in [0.2, 0.25) is 5.13 Å². The summed E-state index contributed by atoms with van der Waals surface area (Å²) < 4.78 is 6.46. The second kappa shape index (κ2) is 9.53. The van der Waals surface area contributed by atoms with E-state index in [0.29, 0.717) is 23.2 Å². The summed E-state index contributed by atoms with van der Waals surface area (Å²) in [7, 11) is 0. The van der Waals surface area contributed by atoms with Crippen molar-refractivity contribution < 1.29 is 9.53 Å². The van der Waals surface area contributed by atoms with Gasteiger partial charge in [0.1, 0.15) is 5.75 Å². The zero-order chi connectivity index (χ0) is 19.1. The number of ether oxygens (including phenoxy) is 1. The standard InChI is InChI=1S/C20H21N3O2S2/c1-14(2)12-25-17-10-8-16(9-11-17)18(24)21-19-22-23-20(27-19)26-13-15-6-4-3-5-7-15/h3-11,14H,12-13H2,1-2H3,(H,21,22,24). The maximum Gasteiger partial charge on any atom is 0.257 e. The van der Waals surface area contributed by atoms with Crippen molar-refractivity contribution in [2.24, 2.45) is 5.92 Å². The maximum atomic E-state index is 12.4. The van der Waals surface area contributed by atoms with Crippen LogP contribution >= 0.6 is 23.1 Å². The molecule has 0 saturated heterocycles. The molecule has 0 aliphatic carbocycles. The molecule has 0 unspecified atom stereocenters. The lowest BCUT2D eigenvalue weighted by Gasteiger charge is -2.09. The third-order valence-electron chi connectivity index (χ3n) is 3.53. The highest BCUT2D eigenvalue weighted by Crippen LogP contribution is 2.28. The molecule has 7 heteroatoms. The number of carbonyl (C=O) groups is 1. The van der Waals surface area contributed by atoms with Crippen LogP contribution in [-0.2, 0) is 5.75 Å². The third-order valence-corrected chi connectivity index (χ3v) is 5.58. The Labute approximate surface area is 167 Å². The number of anilines is 1. The summed E-state index contributed by atoms with van der Waals surface area (Å²) in [4.78, 5) is 12.4. The van der Waals surface area contributed by atoms with Gasteiger partial charge in [0.25, 0.3) is 5.91 Å². The molecule has 0 atom stereocenters. The maximum absolute atomic E-state index is 12.4. The summed E-state index contributed by atoms with van der Waals surface area (Å²) in [5, 5.41) is 11.5. The minimum atomic E-state index is -0.207. The molecule has 3 rings (SSSR count). The predicted molar refractivity (Wildman–Crippen MR) is 111 cm³/mol. The van der Waals surface area contributed by atoms with Crippen molar-refractivity contribution in [1.29, 1.82) is 0 Å². The first-order valence-corrected chi connectivity index (χ1v) is 10.4. The summed E-state index contributed by atoms with van der Waals surface area (Å²) >= 11 is 2.98. The smallest absolute Gasteiger partial charge is 0.257 e. The van der Waals surface area contributed by atoms with E-state index in [4.69, 9.17) is 4.74 Å². The molecule has 0 fully saturated rings. The molecule has 1 N–H and O–H groups in total. The Bertz CT molecular complexity index is 864. The number of benzene rings is 2. The molecule has 140 valence electrons. The average Bonchev–Trinajstić information content (AvgIpc) is 3.13. The van der Waals surface area contributed by atoms with E-state index in [0.717, 1.165) is 15.8 Å². The van der Waals surface area contributed by atoms with E-state index in [9.17, 15) is 4.79 Å². The van der Waals surface area contributed by atoms with E-state index in [1.165, 1.54) is 16.9 Å². The third kappa shape index (κ3) is 6.08. The van der Waals surface area contributed by atoms with Crippen LogP contribution in [0, 0.1) is 5.92 Å². The van der Waals surface area contributed by atoms with Crippen LogP contribution in [0.2, 0.25) is 0 Å². The molecule has 1 heterocycles. The van der Waals surface area contributed by atoms with Crippen LogP contribution in [0.5, 0.6) is 5.75 Å². The van der Waals surface area contributed by atoms with Crippen LogP contribution in [0.1, 0.15) is 29.8 Å². The Balaban J connectivity index is 1.52. The molecule has 1 amide bonds. The summed E-state index contributed by atoms with van der Waals surface area (Å²) in [6.45, 7) is 4.84. The van der Waals surface area contributed by atoms with Gasteiger partial charge in [-0.25, -0.2) is 0 Å². The van der Waals surface area contributed by atoms with Crippen molar-refractivity contribution in [3.8, 4) is 5.75 Å². The minimum Gasteiger partial charge on any atom is -0.493 e. The molecule has 0 aliphatic rings. The van der Waals surface area contributed by atoms with Crippen molar-refractivity contribution in [2.45, 2.75) is 23.9 Å². The van der Waals surface area contributed by atoms with E-state index in [1.54, 1.807) is 36.0 Å². The first kappa shape index (κ1) is 19.4. The molecule has 0 radical (unpaired) electrons. The van der Waals surface area contributed by atoms with Crippen molar-refractivity contribution in [1.82, 2.24) is 10.2 Å². The highest BCUT2D eigenvalue weighted by molar-refractivity contribution is 8.00. The molecule has 1 aromatic heterocycles. The minimum absolute atomic E-state index is 0.207. The van der Waals surface area contributed by atoms with Gasteiger partial charge in [0, 0.05) is 11.3 Å². The van der Waals surface area contributed by atoms with E-state index in [2.05, 4.69) is 41.5 Å². The van der Waals surface area contributed by atoms with Gasteiger partial charge in [0.15, 0.2) is 4.34 Å². The Morgan fingerprint density at radius 3 is 2.56 bits per heavy atom. The van der Waals surface area contributed by atoms with Crippen LogP contribution in [-0.4, -0.2) is 22.7 Å². The Morgan fingerprint density at radius 2 is 1.85 bits per heavy atom. The van der Waals surface area contributed by atoms with Crippen LogP contribution in [0.15, 0.2) is 58.9 Å². The van der Waals surface area contributed by atoms with Crippen molar-refractivity contribution in [3.63, 3.8) is 0 Å². The van der Waals surface area contributed by atoms with Gasteiger partial charge in [-0.3, -0.25) is 10.1 Å². The van der Waals surface area contributed by atoms with Crippen molar-refractivity contribution >= 4 is 34.1 Å². The number of hydrogen-bond acceptors (Lipinski definition) is 6. The Kier molecular flexibility index (Phi) is 6.84. The second-order valence-electron chi connectivity index (χ2n) is 6.33. The molecule has 0 saturated carbocycles. The van der Waals surface area contributed by atoms with E-state index in [-0.39, 0.29) is 5.91 Å². The first-order valence-electron chi connectivity index (χ1n) is 8.64. The van der Waals surface area contributed by atoms with Gasteiger partial charge in [-0.15, -0.1) is 10.2 Å². The second-order valence-corrected chi connectivity index (χ2v) is 8.53. The summed E-state index contributed by atoms with van der Waals surface area (Å²) in [6, 6.07) is 17.3. The topological polar surface area (TPSA) is 64.1 Å². The van der Waals surface area contributed by atoms with Gasteiger partial charge in [-0.05, 0) is 35.7 Å². The fourth-order valence-corrected chi connectivity index (χ4v) is 3.88. The number of nitrogens with one attached hydrogen (secondary N) is 1. The van der Waals surface area contributed by atoms with Crippen molar-refractivity contribution in [3.05, 3.63) is 65.7 Å². The van der Waals surface area contributed by atoms with Gasteiger partial charge in [0.05, 0.1) is 6.61 Å². The van der Waals surface area contributed by atoms with Crippen LogP contribution < -0.4 is 10.1 Å². The largest absolute Gasteiger partial charge is 0.493 e. The lowest BCUT2D eigenvalue weighted by Crippen LogP contribution is -2.11. The number of aromatic nitrogens is 2. The van der Waals surface area contributed by atoms with Crippen LogP contribution in [0.4, 0.5) is 5.13 Å². The molecular formula is C20H21N3O2S2. The number of rotatable bonds is 8. The average molecular weight is 400 g/mol. The molecule has 3 aromatic rings. The highest BCUT2D eigenvalue weighted by Gasteiger charge is 2.11. The monoisotopic (exact) mass is 399 g/mol. The lowest BCUT2D eigenvalue weighted by molar-refractivity contribution is 0.102. The fourth-order valence-electron chi connectivity index (χ4n) is 2.17. The number of carbonyl (C=O) groups excluding carboxylic acids is 1. The molecule has 2 aromatic carbocycles. The summed E-state index contributed by atoms with van der Waals surface area (Å²) in [5.41, 5.74) is 1.78. The van der Waals surface area contributed by atoms with Crippen molar-refractivity contribution in [2.75, 3.05) is 11.9 Å². The number of thioether (sulfide) groups is 1. The van der Waals surface area contributed by atoms with Gasteiger partial charge in [-0.1, -0.05) is 67.3 Å². The molecule has 27 heavy (non-hydrogen) atoms. The normalized spacial score (nSPS) is 10.8. The molecule has 0 spiro atoms. The van der Waals surface area contributed by atoms with E-state index in [1.807, 2.05) is 18.2 Å². The summed E-state index contributed by atoms with van der Waals surface area (Å²) in [5.74, 6) is 1.83. The quantitative estimate of drug-likeness (QED) is 0.421. The SMILES string of the molecule is CC(C)COc1ccc(C(=O)Nc2nnc(SCc3ccccc3)s2)cc1. The number of amides is 1. The van der Waals surface area contributed by atoms with Gasteiger partial charge in [-0.2, -0.15) is 0 Å². The van der Waals surface area contributed by atoms with Gasteiger partial charge < -0.3 is 4.74 Å². The van der Waals surface area contributed by atoms with E-state index < -0.39 is 0 Å². The van der Waals surface area contributed by atoms with Crippen LogP contribution in [0.3, 0.4) is 0 Å². The van der Waals surface area contributed by atoms with Gasteiger partial charge >= 0.3 is 0 Å². The molecule has 0 bridgehead atoms. The number of hydrogen-bond donors (Lipinski definition) is 1. The number of nitrogens with zero attached hydrogens (tertiary/aromatic N) is 2. The molecule has 0 aliphatic heterocycles. The first-order chi connectivity index (χ1) is 13.1. The lowest BCUT2D eigenvalue weighted by atomic mass is 10.2. The zero-order valence-electron chi connectivity index (χ0n) is 15.2. The predicted octanol–water partition coefficient (Wildman–Crippen LogP) is 5.12. The Morgan fingerprint density at radius 1 is 1.11 bits per heavy atom. The van der Waals surface area contributed by atoms with Crippen LogP contribution in [0.25, 0.3) is 0 Å². The van der Waals surface area contributed by atoms with E-state index >= 15 is 0 Å².